The molecule has 0 spiro atoms. The second-order valence-corrected chi connectivity index (χ2v) is 5.83. The summed E-state index contributed by atoms with van der Waals surface area (Å²) in [5, 5.41) is 8.05. The lowest BCUT2D eigenvalue weighted by Gasteiger charge is -2.23. The number of nitrogens with two attached hydrogens (primary N) is 1. The molecule has 1 aromatic carbocycles. The Morgan fingerprint density at radius 3 is 3.05 bits per heavy atom. The van der Waals surface area contributed by atoms with Gasteiger partial charge in [-0.1, -0.05) is 12.1 Å². The quantitative estimate of drug-likeness (QED) is 0.712. The molecule has 3 heterocycles. The molecule has 1 saturated heterocycles. The molecule has 1 atom stereocenters. The molecule has 1 aliphatic heterocycles. The first kappa shape index (κ1) is 13.3. The molecule has 0 saturated carbocycles. The molecule has 0 amide bonds. The van der Waals surface area contributed by atoms with Crippen LogP contribution in [0, 0.1) is 0 Å². The number of nitrogens with one attached hydrogen (secondary N) is 1. The Balaban J connectivity index is 1.83. The maximum atomic E-state index is 5.90. The summed E-state index contributed by atoms with van der Waals surface area (Å²) >= 11 is 0. The van der Waals surface area contributed by atoms with E-state index >= 15 is 0 Å². The third-order valence-corrected chi connectivity index (χ3v) is 4.34. The van der Waals surface area contributed by atoms with E-state index in [0.29, 0.717) is 5.92 Å². The van der Waals surface area contributed by atoms with Gasteiger partial charge in [-0.15, -0.1) is 0 Å². The maximum Gasteiger partial charge on any atom is 0.163 e. The van der Waals surface area contributed by atoms with Gasteiger partial charge in [0.25, 0.3) is 0 Å². The Bertz CT molecular complexity index is 802. The van der Waals surface area contributed by atoms with Crippen molar-refractivity contribution in [1.29, 1.82) is 0 Å². The molecule has 3 aromatic rings. The third kappa shape index (κ3) is 2.23. The molecule has 5 nitrogen and oxygen atoms in total. The van der Waals surface area contributed by atoms with Gasteiger partial charge in [-0.2, -0.15) is 5.10 Å². The van der Waals surface area contributed by atoms with Gasteiger partial charge in [0, 0.05) is 29.9 Å². The first-order valence-corrected chi connectivity index (χ1v) is 7.72. The average molecular weight is 293 g/mol. The van der Waals surface area contributed by atoms with Crippen LogP contribution in [0.4, 0.5) is 5.69 Å². The van der Waals surface area contributed by atoms with Crippen LogP contribution in [0.5, 0.6) is 0 Å². The summed E-state index contributed by atoms with van der Waals surface area (Å²) in [4.78, 5) is 4.54. The van der Waals surface area contributed by atoms with Crippen molar-refractivity contribution in [2.75, 3.05) is 18.8 Å². The Morgan fingerprint density at radius 1 is 1.27 bits per heavy atom. The van der Waals surface area contributed by atoms with Gasteiger partial charge in [-0.25, -0.2) is 9.50 Å². The predicted molar refractivity (Wildman–Crippen MR) is 87.7 cm³/mol. The molecule has 3 N–H and O–H groups in total. The first-order chi connectivity index (χ1) is 10.8. The fraction of sp³-hybridized carbons (Fsp3) is 0.294. The monoisotopic (exact) mass is 293 g/mol. The smallest absolute Gasteiger partial charge is 0.163 e. The number of nitrogens with zero attached hydrogens (tertiary/aromatic N) is 3. The van der Waals surface area contributed by atoms with Gasteiger partial charge >= 0.3 is 0 Å². The SMILES string of the molecule is Nc1cccc(-c2cnn3c(C4CCCNC4)ccnc23)c1. The fourth-order valence-corrected chi connectivity index (χ4v) is 3.23. The zero-order valence-electron chi connectivity index (χ0n) is 12.4. The Kier molecular flexibility index (Phi) is 3.27. The van der Waals surface area contributed by atoms with Crippen LogP contribution in [0.3, 0.4) is 0 Å². The molecule has 1 fully saturated rings. The molecular formula is C17H19N5. The number of piperidine rings is 1. The van der Waals surface area contributed by atoms with Gasteiger partial charge in [0.05, 0.1) is 11.9 Å². The van der Waals surface area contributed by atoms with Crippen molar-refractivity contribution in [3.05, 3.63) is 48.4 Å². The van der Waals surface area contributed by atoms with E-state index < -0.39 is 0 Å². The predicted octanol–water partition coefficient (Wildman–Crippen LogP) is 2.45. The molecule has 1 aliphatic rings. The number of fused-ring (bicyclic) bond motifs is 1. The zero-order valence-corrected chi connectivity index (χ0v) is 12.4. The minimum Gasteiger partial charge on any atom is -0.399 e. The van der Waals surface area contributed by atoms with E-state index in [0.717, 1.165) is 35.6 Å². The standard InChI is InChI=1S/C17H19N5/c18-14-5-1-3-12(9-14)15-11-21-22-16(6-8-20-17(15)22)13-4-2-7-19-10-13/h1,3,5-6,8-9,11,13,19H,2,4,7,10,18H2. The van der Waals surface area contributed by atoms with Crippen molar-refractivity contribution >= 4 is 11.3 Å². The fourth-order valence-electron chi connectivity index (χ4n) is 3.23. The van der Waals surface area contributed by atoms with E-state index in [9.17, 15) is 0 Å². The van der Waals surface area contributed by atoms with Crippen LogP contribution >= 0.6 is 0 Å². The highest BCUT2D eigenvalue weighted by Gasteiger charge is 2.19. The van der Waals surface area contributed by atoms with Gasteiger partial charge in [-0.05, 0) is 43.1 Å². The topological polar surface area (TPSA) is 68.2 Å². The molecule has 4 rings (SSSR count). The van der Waals surface area contributed by atoms with Gasteiger partial charge < -0.3 is 11.1 Å². The van der Waals surface area contributed by atoms with Crippen LogP contribution in [-0.4, -0.2) is 27.7 Å². The number of anilines is 1. The molecule has 0 bridgehead atoms. The third-order valence-electron chi connectivity index (χ3n) is 4.34. The summed E-state index contributed by atoms with van der Waals surface area (Å²) in [5.74, 6) is 0.493. The van der Waals surface area contributed by atoms with Crippen LogP contribution in [0.1, 0.15) is 24.5 Å². The van der Waals surface area contributed by atoms with Crippen molar-refractivity contribution in [3.8, 4) is 11.1 Å². The summed E-state index contributed by atoms with van der Waals surface area (Å²) in [6.45, 7) is 2.12. The van der Waals surface area contributed by atoms with Crippen LogP contribution in [0.15, 0.2) is 42.7 Å². The van der Waals surface area contributed by atoms with Crippen molar-refractivity contribution in [1.82, 2.24) is 19.9 Å². The van der Waals surface area contributed by atoms with Gasteiger partial charge in [0.1, 0.15) is 0 Å². The van der Waals surface area contributed by atoms with E-state index in [4.69, 9.17) is 5.73 Å². The van der Waals surface area contributed by atoms with Gasteiger partial charge in [0.2, 0.25) is 0 Å². The van der Waals surface area contributed by atoms with Crippen LogP contribution in [0.2, 0.25) is 0 Å². The highest BCUT2D eigenvalue weighted by Crippen LogP contribution is 2.28. The molecule has 22 heavy (non-hydrogen) atoms. The normalized spacial score (nSPS) is 18.6. The summed E-state index contributed by atoms with van der Waals surface area (Å²) in [6.07, 6.45) is 6.17. The van der Waals surface area contributed by atoms with Crippen molar-refractivity contribution in [2.24, 2.45) is 0 Å². The van der Waals surface area contributed by atoms with Gasteiger partial charge in [0.15, 0.2) is 5.65 Å². The average Bonchev–Trinajstić information content (AvgIpc) is 3.00. The molecular weight excluding hydrogens is 274 g/mol. The number of nitrogen functional groups attached to an aromatic ring is 1. The molecule has 1 unspecified atom stereocenters. The summed E-state index contributed by atoms with van der Waals surface area (Å²) in [7, 11) is 0. The number of hydrogen-bond donors (Lipinski definition) is 2. The molecule has 5 heteroatoms. The summed E-state index contributed by atoms with van der Waals surface area (Å²) < 4.78 is 1.98. The van der Waals surface area contributed by atoms with E-state index in [1.165, 1.54) is 18.5 Å². The van der Waals surface area contributed by atoms with Crippen LogP contribution in [-0.2, 0) is 0 Å². The van der Waals surface area contributed by atoms with E-state index in [2.05, 4.69) is 21.5 Å². The van der Waals surface area contributed by atoms with E-state index in [-0.39, 0.29) is 0 Å². The summed E-state index contributed by atoms with van der Waals surface area (Å²) in [5.41, 5.74) is 10.9. The maximum absolute atomic E-state index is 5.90. The Morgan fingerprint density at radius 2 is 2.23 bits per heavy atom. The minimum absolute atomic E-state index is 0.493. The first-order valence-electron chi connectivity index (χ1n) is 7.72. The second kappa shape index (κ2) is 5.42. The van der Waals surface area contributed by atoms with Crippen LogP contribution < -0.4 is 11.1 Å². The molecule has 0 aliphatic carbocycles. The number of hydrogen-bond acceptors (Lipinski definition) is 4. The minimum atomic E-state index is 0.493. The van der Waals surface area contributed by atoms with Crippen molar-refractivity contribution < 1.29 is 0 Å². The van der Waals surface area contributed by atoms with Crippen molar-refractivity contribution in [2.45, 2.75) is 18.8 Å². The van der Waals surface area contributed by atoms with Gasteiger partial charge in [-0.3, -0.25) is 0 Å². The number of benzene rings is 1. The zero-order chi connectivity index (χ0) is 14.9. The van der Waals surface area contributed by atoms with E-state index in [1.54, 1.807) is 0 Å². The molecule has 0 radical (unpaired) electrons. The lowest BCUT2D eigenvalue weighted by Crippen LogP contribution is -2.29. The Labute approximate surface area is 129 Å². The molecule has 112 valence electrons. The lowest BCUT2D eigenvalue weighted by molar-refractivity contribution is 0.448. The van der Waals surface area contributed by atoms with E-state index in [1.807, 2.05) is 41.2 Å². The Hall–Kier alpha value is -2.40. The number of rotatable bonds is 2. The largest absolute Gasteiger partial charge is 0.399 e. The summed E-state index contributed by atoms with van der Waals surface area (Å²) in [6, 6.07) is 9.95. The van der Waals surface area contributed by atoms with Crippen LogP contribution in [0.25, 0.3) is 16.8 Å². The highest BCUT2D eigenvalue weighted by atomic mass is 15.3. The lowest BCUT2D eigenvalue weighted by atomic mass is 9.96. The highest BCUT2D eigenvalue weighted by molar-refractivity contribution is 5.78. The number of aromatic nitrogens is 3. The second-order valence-electron chi connectivity index (χ2n) is 5.83. The van der Waals surface area contributed by atoms with Crippen molar-refractivity contribution in [3.63, 3.8) is 0 Å². The molecule has 2 aromatic heterocycles.